The van der Waals surface area contributed by atoms with Crippen LogP contribution >= 0.6 is 23.7 Å². The number of nitrogens with one attached hydrogen (secondary N) is 1. The molecule has 0 bridgehead atoms. The molecule has 2 aromatic heterocycles. The van der Waals surface area contributed by atoms with Crippen LogP contribution in [0, 0.1) is 0 Å². The minimum absolute atomic E-state index is 0. The zero-order valence-corrected chi connectivity index (χ0v) is 18.7. The number of halogens is 1. The molecule has 2 aromatic rings. The van der Waals surface area contributed by atoms with E-state index in [4.69, 9.17) is 9.15 Å². The molecule has 0 aliphatic carbocycles. The molecule has 0 radical (unpaired) electrons. The van der Waals surface area contributed by atoms with E-state index in [0.29, 0.717) is 18.8 Å². The first-order valence-corrected chi connectivity index (χ1v) is 11.8. The molecule has 1 aliphatic rings. The van der Waals surface area contributed by atoms with Gasteiger partial charge in [-0.25, -0.2) is 0 Å². The topological polar surface area (TPSA) is 71.8 Å². The van der Waals surface area contributed by atoms with Gasteiger partial charge in [-0.05, 0) is 50.3 Å². The molecule has 0 aromatic carbocycles. The van der Waals surface area contributed by atoms with Crippen LogP contribution in [0.5, 0.6) is 5.75 Å². The van der Waals surface area contributed by atoms with Crippen LogP contribution < -0.4 is 10.1 Å². The van der Waals surface area contributed by atoms with Crippen LogP contribution in [0.4, 0.5) is 0 Å². The third kappa shape index (κ3) is 8.74. The highest BCUT2D eigenvalue weighted by molar-refractivity contribution is 7.84. The molecule has 29 heavy (non-hydrogen) atoms. The van der Waals surface area contributed by atoms with E-state index in [2.05, 4.69) is 16.3 Å². The largest absolute Gasteiger partial charge is 0.492 e. The van der Waals surface area contributed by atoms with Crippen molar-refractivity contribution in [1.82, 2.24) is 10.2 Å². The Bertz CT molecular complexity index is 786. The zero-order valence-electron chi connectivity index (χ0n) is 16.2. The van der Waals surface area contributed by atoms with Crippen LogP contribution in [0.25, 0.3) is 0 Å². The molecule has 6 nitrogen and oxygen atoms in total. The normalized spacial score (nSPS) is 15.3. The summed E-state index contributed by atoms with van der Waals surface area (Å²) in [6.45, 7) is 3.96. The highest BCUT2D eigenvalue weighted by Crippen LogP contribution is 2.24. The maximum Gasteiger partial charge on any atom is 0.236 e. The molecule has 1 fully saturated rings. The highest BCUT2D eigenvalue weighted by Gasteiger charge is 2.13. The number of nitrogens with zero attached hydrogens (tertiary/aromatic N) is 1. The summed E-state index contributed by atoms with van der Waals surface area (Å²) in [6.07, 6.45) is 8.25. The van der Waals surface area contributed by atoms with E-state index in [1.165, 1.54) is 37.1 Å². The number of amides is 1. The summed E-state index contributed by atoms with van der Waals surface area (Å²) >= 11 is 1.74. The third-order valence-corrected chi connectivity index (χ3v) is 6.39. The summed E-state index contributed by atoms with van der Waals surface area (Å²) in [6, 6.07) is 5.60. The van der Waals surface area contributed by atoms with Crippen molar-refractivity contribution in [3.63, 3.8) is 0 Å². The zero-order chi connectivity index (χ0) is 19.6. The first-order chi connectivity index (χ1) is 13.7. The summed E-state index contributed by atoms with van der Waals surface area (Å²) in [5.41, 5.74) is 0. The van der Waals surface area contributed by atoms with Gasteiger partial charge in [0.05, 0.1) is 18.6 Å². The van der Waals surface area contributed by atoms with Crippen molar-refractivity contribution >= 4 is 40.5 Å². The van der Waals surface area contributed by atoms with Gasteiger partial charge in [0.2, 0.25) is 5.91 Å². The average molecular weight is 459 g/mol. The van der Waals surface area contributed by atoms with E-state index >= 15 is 0 Å². The molecular weight excluding hydrogens is 432 g/mol. The molecule has 1 aliphatic heterocycles. The number of hydrogen-bond acceptors (Lipinski definition) is 6. The Balaban J connectivity index is 0.00000300. The van der Waals surface area contributed by atoms with E-state index < -0.39 is 10.8 Å². The fourth-order valence-electron chi connectivity index (χ4n) is 2.95. The Hall–Kier alpha value is -1.61. The third-order valence-electron chi connectivity index (χ3n) is 4.30. The second-order valence-electron chi connectivity index (χ2n) is 6.65. The molecule has 1 amide bonds. The maximum atomic E-state index is 11.9. The number of hydrogen-bond donors (Lipinski definition) is 1. The smallest absolute Gasteiger partial charge is 0.236 e. The summed E-state index contributed by atoms with van der Waals surface area (Å²) in [4.78, 5) is 15.6. The van der Waals surface area contributed by atoms with Gasteiger partial charge >= 0.3 is 0 Å². The molecule has 3 rings (SSSR count). The van der Waals surface area contributed by atoms with Crippen LogP contribution in [0.2, 0.25) is 0 Å². The number of rotatable bonds is 11. The van der Waals surface area contributed by atoms with Crippen LogP contribution in [0.1, 0.15) is 29.9 Å². The van der Waals surface area contributed by atoms with Gasteiger partial charge in [0.1, 0.15) is 17.3 Å². The summed E-state index contributed by atoms with van der Waals surface area (Å²) in [7, 11) is -1.28. The van der Waals surface area contributed by atoms with E-state index in [9.17, 15) is 9.00 Å². The summed E-state index contributed by atoms with van der Waals surface area (Å²) in [5.74, 6) is 1.46. The van der Waals surface area contributed by atoms with Gasteiger partial charge in [0.25, 0.3) is 0 Å². The van der Waals surface area contributed by atoms with E-state index in [0.717, 1.165) is 12.3 Å². The standard InChI is InChI=1S/C20H26N2O4S2.ClH/c23-20(16-28(24)15-17-6-5-11-25-17)21-7-1-4-10-26-18-12-19(27-14-18)13-22-8-2-3-9-22;/h1,5-7,11-12,14H,2-4,8-10,13,15-16H2,(H,21,23);1H/b7-1-;. The summed E-state index contributed by atoms with van der Waals surface area (Å²) in [5, 5.41) is 4.68. The fraction of sp³-hybridized carbons (Fsp3) is 0.450. The average Bonchev–Trinajstić information content (AvgIpc) is 3.42. The van der Waals surface area contributed by atoms with Crippen LogP contribution in [0.15, 0.2) is 46.5 Å². The first kappa shape index (κ1) is 23.7. The number of carbonyl (C=O) groups is 1. The van der Waals surface area contributed by atoms with Crippen molar-refractivity contribution in [2.45, 2.75) is 31.6 Å². The lowest BCUT2D eigenvalue weighted by atomic mass is 10.4. The number of ether oxygens (including phenoxy) is 1. The van der Waals surface area contributed by atoms with Crippen molar-refractivity contribution in [3.05, 3.63) is 52.8 Å². The van der Waals surface area contributed by atoms with Crippen molar-refractivity contribution in [2.75, 3.05) is 25.4 Å². The molecule has 1 unspecified atom stereocenters. The molecule has 0 saturated carbocycles. The molecule has 160 valence electrons. The lowest BCUT2D eigenvalue weighted by molar-refractivity contribution is -0.117. The first-order valence-electron chi connectivity index (χ1n) is 9.43. The van der Waals surface area contributed by atoms with Gasteiger partial charge in [0.15, 0.2) is 0 Å². The van der Waals surface area contributed by atoms with Crippen molar-refractivity contribution < 1.29 is 18.2 Å². The van der Waals surface area contributed by atoms with Crippen molar-refractivity contribution in [1.29, 1.82) is 0 Å². The number of likely N-dealkylation sites (tertiary alicyclic amines) is 1. The molecule has 1 saturated heterocycles. The molecule has 9 heteroatoms. The van der Waals surface area contributed by atoms with Crippen molar-refractivity contribution in [2.24, 2.45) is 0 Å². The molecule has 0 spiro atoms. The Kier molecular flexibility index (Phi) is 10.5. The van der Waals surface area contributed by atoms with Crippen LogP contribution in [0.3, 0.4) is 0 Å². The highest BCUT2D eigenvalue weighted by atomic mass is 35.5. The lowest BCUT2D eigenvalue weighted by Crippen LogP contribution is -2.24. The van der Waals surface area contributed by atoms with Gasteiger partial charge in [-0.2, -0.15) is 0 Å². The Morgan fingerprint density at radius 1 is 1.38 bits per heavy atom. The second-order valence-corrected chi connectivity index (χ2v) is 9.10. The monoisotopic (exact) mass is 458 g/mol. The predicted octanol–water partition coefficient (Wildman–Crippen LogP) is 3.71. The van der Waals surface area contributed by atoms with Gasteiger partial charge in [0, 0.05) is 34.0 Å². The Morgan fingerprint density at radius 2 is 2.21 bits per heavy atom. The minimum Gasteiger partial charge on any atom is -0.492 e. The Labute approximate surface area is 184 Å². The van der Waals surface area contributed by atoms with Crippen molar-refractivity contribution in [3.8, 4) is 5.75 Å². The molecule has 3 heterocycles. The quantitative estimate of drug-likeness (QED) is 0.520. The molecule has 1 N–H and O–H groups in total. The van der Waals surface area contributed by atoms with Gasteiger partial charge in [-0.3, -0.25) is 13.9 Å². The van der Waals surface area contributed by atoms with Crippen LogP contribution in [-0.4, -0.2) is 40.5 Å². The number of furan rings is 1. The van der Waals surface area contributed by atoms with Gasteiger partial charge < -0.3 is 14.5 Å². The predicted molar refractivity (Wildman–Crippen MR) is 119 cm³/mol. The molecule has 1 atom stereocenters. The Morgan fingerprint density at radius 3 is 2.97 bits per heavy atom. The number of carbonyl (C=O) groups excluding carboxylic acids is 1. The van der Waals surface area contributed by atoms with E-state index in [1.54, 1.807) is 29.7 Å². The lowest BCUT2D eigenvalue weighted by Gasteiger charge is -2.12. The van der Waals surface area contributed by atoms with E-state index in [-0.39, 0.29) is 29.8 Å². The fourth-order valence-corrected chi connectivity index (χ4v) is 4.76. The SMILES string of the molecule is Cl.O=C(CS(=O)Cc1ccco1)N/C=C\CCOc1csc(CN2CCCC2)c1. The number of thiophene rings is 1. The molecular formula is C20H27ClN2O4S2. The van der Waals surface area contributed by atoms with Gasteiger partial charge in [-0.15, -0.1) is 23.7 Å². The van der Waals surface area contributed by atoms with E-state index in [1.807, 2.05) is 11.5 Å². The maximum absolute atomic E-state index is 11.9. The minimum atomic E-state index is -1.28. The van der Waals surface area contributed by atoms with Crippen LogP contribution in [-0.2, 0) is 27.9 Å². The van der Waals surface area contributed by atoms with Gasteiger partial charge in [-0.1, -0.05) is 6.08 Å². The second kappa shape index (κ2) is 12.8. The summed E-state index contributed by atoms with van der Waals surface area (Å²) < 4.78 is 22.7.